The molecule has 0 saturated heterocycles. The van der Waals surface area contributed by atoms with Gasteiger partial charge in [0.05, 0.1) is 11.6 Å². The first-order valence-corrected chi connectivity index (χ1v) is 7.27. The fourth-order valence-corrected chi connectivity index (χ4v) is 2.64. The minimum absolute atomic E-state index is 0.0366. The Morgan fingerprint density at radius 2 is 1.48 bits per heavy atom. The number of benzene rings is 2. The van der Waals surface area contributed by atoms with E-state index in [9.17, 15) is 13.2 Å². The Morgan fingerprint density at radius 1 is 0.870 bits per heavy atom. The molecule has 3 aromatic rings. The molecular weight excluding hydrogens is 301 g/mol. The Balaban J connectivity index is 2.27. The molecule has 0 amide bonds. The molecule has 0 N–H and O–H groups in total. The molecule has 5 heteroatoms. The van der Waals surface area contributed by atoms with Crippen molar-refractivity contribution in [1.82, 2.24) is 10.2 Å². The Morgan fingerprint density at radius 3 is 2.13 bits per heavy atom. The fraction of sp³-hybridized carbons (Fsp3) is 0.222. The van der Waals surface area contributed by atoms with E-state index in [4.69, 9.17) is 0 Å². The maximum Gasteiger partial charge on any atom is 0.397 e. The van der Waals surface area contributed by atoms with Gasteiger partial charge in [-0.1, -0.05) is 48.5 Å². The van der Waals surface area contributed by atoms with E-state index in [2.05, 4.69) is 10.2 Å². The van der Waals surface area contributed by atoms with Gasteiger partial charge in [-0.25, -0.2) is 0 Å². The summed E-state index contributed by atoms with van der Waals surface area (Å²) in [5, 5.41) is 9.22. The normalized spacial score (nSPS) is 13.3. The Labute approximate surface area is 132 Å². The lowest BCUT2D eigenvalue weighted by Gasteiger charge is -2.17. The van der Waals surface area contributed by atoms with Crippen molar-refractivity contribution in [3.63, 3.8) is 0 Å². The summed E-state index contributed by atoms with van der Waals surface area (Å²) in [5.74, 6) is -1.66. The van der Waals surface area contributed by atoms with Crippen molar-refractivity contribution in [2.24, 2.45) is 0 Å². The number of aryl methyl sites for hydroxylation is 1. The first-order chi connectivity index (χ1) is 10.9. The summed E-state index contributed by atoms with van der Waals surface area (Å²) in [7, 11) is 0. The number of aromatic nitrogens is 2. The third-order valence-electron chi connectivity index (χ3n) is 4.02. The van der Waals surface area contributed by atoms with Gasteiger partial charge in [0, 0.05) is 16.3 Å². The van der Waals surface area contributed by atoms with E-state index in [0.717, 1.165) is 18.1 Å². The predicted octanol–water partition coefficient (Wildman–Crippen LogP) is 5.27. The molecular formula is C18H15F3N2. The summed E-state index contributed by atoms with van der Waals surface area (Å²) in [6, 6.07) is 14.6. The molecule has 1 aromatic heterocycles. The van der Waals surface area contributed by atoms with Crippen LogP contribution < -0.4 is 0 Å². The fourth-order valence-electron chi connectivity index (χ4n) is 2.64. The molecule has 0 aliphatic rings. The Bertz CT molecular complexity index is 856. The van der Waals surface area contributed by atoms with Crippen LogP contribution in [0.15, 0.2) is 48.5 Å². The Hall–Kier alpha value is -2.43. The zero-order chi connectivity index (χ0) is 16.6. The third kappa shape index (κ3) is 2.79. The molecule has 0 saturated carbocycles. The summed E-state index contributed by atoms with van der Waals surface area (Å²) >= 11 is 0. The third-order valence-corrected chi connectivity index (χ3v) is 4.02. The zero-order valence-corrected chi connectivity index (χ0v) is 12.7. The SMILES string of the molecule is Cc1ccccc1-c1nnc(C(C)C(F)(F)F)c2ccccc12. The van der Waals surface area contributed by atoms with Crippen LogP contribution in [-0.2, 0) is 0 Å². The molecule has 0 aliphatic heterocycles. The molecule has 1 heterocycles. The van der Waals surface area contributed by atoms with Crippen molar-refractivity contribution in [3.8, 4) is 11.3 Å². The summed E-state index contributed by atoms with van der Waals surface area (Å²) < 4.78 is 39.2. The standard InChI is InChI=1S/C18H15F3N2/c1-11-7-3-4-8-13(11)17-15-10-6-5-9-14(15)16(22-23-17)12(2)18(19,20)21/h3-10,12H,1-2H3. The van der Waals surface area contributed by atoms with Crippen LogP contribution in [0.1, 0.15) is 24.1 Å². The lowest BCUT2D eigenvalue weighted by atomic mass is 9.96. The molecule has 1 atom stereocenters. The molecule has 3 rings (SSSR count). The van der Waals surface area contributed by atoms with E-state index in [0.29, 0.717) is 16.5 Å². The smallest absolute Gasteiger partial charge is 0.170 e. The van der Waals surface area contributed by atoms with Gasteiger partial charge in [-0.15, -0.1) is 5.10 Å². The second kappa shape index (κ2) is 5.65. The minimum atomic E-state index is -4.35. The number of nitrogens with zero attached hydrogens (tertiary/aromatic N) is 2. The molecule has 2 nitrogen and oxygen atoms in total. The number of fused-ring (bicyclic) bond motifs is 1. The van der Waals surface area contributed by atoms with Crippen molar-refractivity contribution in [1.29, 1.82) is 0 Å². The van der Waals surface area contributed by atoms with Crippen LogP contribution in [-0.4, -0.2) is 16.4 Å². The highest BCUT2D eigenvalue weighted by molar-refractivity contribution is 5.96. The lowest BCUT2D eigenvalue weighted by molar-refractivity contribution is -0.146. The summed E-state index contributed by atoms with van der Waals surface area (Å²) in [4.78, 5) is 0. The van der Waals surface area contributed by atoms with Crippen LogP contribution in [0.2, 0.25) is 0 Å². The van der Waals surface area contributed by atoms with E-state index in [1.807, 2.05) is 31.2 Å². The summed E-state index contributed by atoms with van der Waals surface area (Å²) in [6.07, 6.45) is -4.35. The average molecular weight is 316 g/mol. The number of hydrogen-bond donors (Lipinski definition) is 0. The van der Waals surface area contributed by atoms with Gasteiger partial charge in [0.2, 0.25) is 0 Å². The quantitative estimate of drug-likeness (QED) is 0.643. The monoisotopic (exact) mass is 316 g/mol. The molecule has 0 aliphatic carbocycles. The van der Waals surface area contributed by atoms with E-state index < -0.39 is 12.1 Å². The molecule has 0 bridgehead atoms. The lowest BCUT2D eigenvalue weighted by Crippen LogP contribution is -2.19. The topological polar surface area (TPSA) is 25.8 Å². The number of alkyl halides is 3. The predicted molar refractivity (Wildman–Crippen MR) is 84.2 cm³/mol. The van der Waals surface area contributed by atoms with Gasteiger partial charge in [0.1, 0.15) is 5.69 Å². The van der Waals surface area contributed by atoms with E-state index in [-0.39, 0.29) is 5.69 Å². The van der Waals surface area contributed by atoms with E-state index >= 15 is 0 Å². The second-order valence-electron chi connectivity index (χ2n) is 5.56. The average Bonchev–Trinajstić information content (AvgIpc) is 2.53. The molecule has 2 aromatic carbocycles. The van der Waals surface area contributed by atoms with Gasteiger partial charge < -0.3 is 0 Å². The summed E-state index contributed by atoms with van der Waals surface area (Å²) in [5.41, 5.74) is 2.45. The number of halogens is 3. The van der Waals surface area contributed by atoms with E-state index in [1.54, 1.807) is 24.3 Å². The highest BCUT2D eigenvalue weighted by Crippen LogP contribution is 2.38. The van der Waals surface area contributed by atoms with Crippen molar-refractivity contribution in [2.45, 2.75) is 25.9 Å². The molecule has 0 radical (unpaired) electrons. The van der Waals surface area contributed by atoms with Crippen molar-refractivity contribution in [3.05, 3.63) is 59.8 Å². The van der Waals surface area contributed by atoms with Gasteiger partial charge in [0.25, 0.3) is 0 Å². The number of hydrogen-bond acceptors (Lipinski definition) is 2. The highest BCUT2D eigenvalue weighted by Gasteiger charge is 2.39. The van der Waals surface area contributed by atoms with Gasteiger partial charge in [-0.05, 0) is 19.4 Å². The molecule has 0 fully saturated rings. The van der Waals surface area contributed by atoms with Crippen LogP contribution in [0.5, 0.6) is 0 Å². The first-order valence-electron chi connectivity index (χ1n) is 7.27. The first kappa shape index (κ1) is 15.5. The Kier molecular flexibility index (Phi) is 3.80. The minimum Gasteiger partial charge on any atom is -0.170 e. The van der Waals surface area contributed by atoms with E-state index in [1.165, 1.54) is 0 Å². The second-order valence-corrected chi connectivity index (χ2v) is 5.56. The summed E-state index contributed by atoms with van der Waals surface area (Å²) in [6.45, 7) is 3.06. The molecule has 0 spiro atoms. The maximum atomic E-state index is 13.1. The van der Waals surface area contributed by atoms with Crippen LogP contribution in [0.4, 0.5) is 13.2 Å². The van der Waals surface area contributed by atoms with Crippen molar-refractivity contribution < 1.29 is 13.2 Å². The molecule has 118 valence electrons. The van der Waals surface area contributed by atoms with Crippen molar-refractivity contribution in [2.75, 3.05) is 0 Å². The highest BCUT2D eigenvalue weighted by atomic mass is 19.4. The maximum absolute atomic E-state index is 13.1. The zero-order valence-electron chi connectivity index (χ0n) is 12.7. The van der Waals surface area contributed by atoms with Crippen LogP contribution in [0, 0.1) is 6.92 Å². The largest absolute Gasteiger partial charge is 0.397 e. The van der Waals surface area contributed by atoms with Gasteiger partial charge in [-0.3, -0.25) is 0 Å². The van der Waals surface area contributed by atoms with Crippen molar-refractivity contribution >= 4 is 10.8 Å². The van der Waals surface area contributed by atoms with Crippen LogP contribution >= 0.6 is 0 Å². The van der Waals surface area contributed by atoms with Crippen LogP contribution in [0.25, 0.3) is 22.0 Å². The van der Waals surface area contributed by atoms with Gasteiger partial charge >= 0.3 is 6.18 Å². The van der Waals surface area contributed by atoms with Gasteiger partial charge in [0.15, 0.2) is 0 Å². The molecule has 23 heavy (non-hydrogen) atoms. The molecule has 1 unspecified atom stereocenters. The van der Waals surface area contributed by atoms with Gasteiger partial charge in [-0.2, -0.15) is 18.3 Å². The van der Waals surface area contributed by atoms with Crippen LogP contribution in [0.3, 0.4) is 0 Å². The number of rotatable bonds is 2.